The molecule has 3 heterocycles. The van der Waals surface area contributed by atoms with Gasteiger partial charge in [0.05, 0.1) is 39.9 Å². The highest BCUT2D eigenvalue weighted by atomic mass is 32.2. The molecule has 2 fully saturated rings. The number of nitrogens with zero attached hydrogens (tertiary/aromatic N) is 3. The van der Waals surface area contributed by atoms with Gasteiger partial charge in [0.1, 0.15) is 5.75 Å². The molecular weight excluding hydrogens is 658 g/mol. The highest BCUT2D eigenvalue weighted by molar-refractivity contribution is 7.99. The number of nitrogens with one attached hydrogen (secondary N) is 1. The van der Waals surface area contributed by atoms with Gasteiger partial charge < -0.3 is 15.0 Å². The molecular formula is C40H47F3N4O2S. The minimum absolute atomic E-state index is 0.281. The zero-order chi connectivity index (χ0) is 35.3. The Morgan fingerprint density at radius 3 is 2.40 bits per heavy atom. The van der Waals surface area contributed by atoms with Gasteiger partial charge in [0.15, 0.2) is 0 Å². The molecule has 4 aromatic rings. The molecule has 1 atom stereocenters. The molecule has 0 aliphatic carbocycles. The number of aromatic nitrogens is 1. The van der Waals surface area contributed by atoms with Crippen molar-refractivity contribution in [1.82, 2.24) is 20.1 Å². The van der Waals surface area contributed by atoms with Crippen molar-refractivity contribution >= 4 is 28.6 Å². The van der Waals surface area contributed by atoms with E-state index in [-0.39, 0.29) is 11.9 Å². The van der Waals surface area contributed by atoms with Gasteiger partial charge in [-0.05, 0) is 95.2 Å². The number of carbonyl (C=O) groups is 1. The smallest absolute Gasteiger partial charge is 0.416 e. The van der Waals surface area contributed by atoms with Gasteiger partial charge in [-0.3, -0.25) is 9.69 Å². The van der Waals surface area contributed by atoms with Crippen LogP contribution in [0.25, 0.3) is 22.2 Å². The second-order valence-corrected chi connectivity index (χ2v) is 14.6. The van der Waals surface area contributed by atoms with E-state index in [0.717, 1.165) is 67.4 Å². The summed E-state index contributed by atoms with van der Waals surface area (Å²) in [6.07, 6.45) is 1.28. The number of rotatable bonds is 11. The van der Waals surface area contributed by atoms with E-state index in [2.05, 4.69) is 22.0 Å². The van der Waals surface area contributed by atoms with Crippen molar-refractivity contribution in [2.45, 2.75) is 82.6 Å². The van der Waals surface area contributed by atoms with Crippen molar-refractivity contribution in [1.29, 1.82) is 0 Å². The van der Waals surface area contributed by atoms with E-state index < -0.39 is 11.7 Å². The van der Waals surface area contributed by atoms with E-state index in [0.29, 0.717) is 58.2 Å². The molecule has 6 nitrogen and oxygen atoms in total. The van der Waals surface area contributed by atoms with Crippen LogP contribution in [0.5, 0.6) is 5.75 Å². The zero-order valence-electron chi connectivity index (χ0n) is 29.2. The van der Waals surface area contributed by atoms with Gasteiger partial charge in [-0.25, -0.2) is 4.98 Å². The lowest BCUT2D eigenvalue weighted by Crippen LogP contribution is -2.46. The Morgan fingerprint density at radius 1 is 0.980 bits per heavy atom. The van der Waals surface area contributed by atoms with Gasteiger partial charge in [-0.2, -0.15) is 13.2 Å². The number of hydrogen-bond acceptors (Lipinski definition) is 6. The van der Waals surface area contributed by atoms with E-state index in [1.54, 1.807) is 17.8 Å². The highest BCUT2D eigenvalue weighted by Gasteiger charge is 2.33. The number of carbonyl (C=O) groups excluding carboxylic acids is 1. The summed E-state index contributed by atoms with van der Waals surface area (Å²) in [7, 11) is 0. The fourth-order valence-electron chi connectivity index (χ4n) is 7.39. The first kappa shape index (κ1) is 36.2. The van der Waals surface area contributed by atoms with E-state index in [9.17, 15) is 18.0 Å². The Kier molecular flexibility index (Phi) is 11.7. The normalized spacial score (nSPS) is 17.2. The van der Waals surface area contributed by atoms with E-state index in [1.165, 1.54) is 25.3 Å². The molecule has 2 aliphatic heterocycles. The Bertz CT molecular complexity index is 1770. The number of piperidine rings is 2. The van der Waals surface area contributed by atoms with Crippen LogP contribution < -0.4 is 10.1 Å². The third-order valence-corrected chi connectivity index (χ3v) is 10.9. The fourth-order valence-corrected chi connectivity index (χ4v) is 8.16. The van der Waals surface area contributed by atoms with Crippen molar-refractivity contribution in [3.8, 4) is 17.0 Å². The molecule has 266 valence electrons. The number of ether oxygens (including phenoxy) is 1. The Hall–Kier alpha value is -3.60. The average molecular weight is 705 g/mol. The number of fused-ring (bicyclic) bond motifs is 1. The van der Waals surface area contributed by atoms with Crippen LogP contribution in [0, 0.1) is 0 Å². The number of alkyl halides is 3. The Labute approximate surface area is 297 Å². The number of hydrogen-bond donors (Lipinski definition) is 1. The molecule has 3 aromatic carbocycles. The summed E-state index contributed by atoms with van der Waals surface area (Å²) in [5.41, 5.74) is 2.52. The number of halogens is 3. The van der Waals surface area contributed by atoms with E-state index >= 15 is 0 Å². The van der Waals surface area contributed by atoms with Crippen LogP contribution in [0.15, 0.2) is 71.6 Å². The molecule has 0 spiro atoms. The number of amides is 1. The maximum absolute atomic E-state index is 14.7. The van der Waals surface area contributed by atoms with Crippen LogP contribution in [0.1, 0.15) is 86.0 Å². The molecule has 0 saturated carbocycles. The monoisotopic (exact) mass is 704 g/mol. The van der Waals surface area contributed by atoms with Crippen molar-refractivity contribution in [3.05, 3.63) is 89.0 Å². The van der Waals surface area contributed by atoms with Gasteiger partial charge in [0.25, 0.3) is 5.91 Å². The Balaban J connectivity index is 1.50. The molecule has 1 aromatic heterocycles. The zero-order valence-corrected chi connectivity index (χ0v) is 30.0. The van der Waals surface area contributed by atoms with Gasteiger partial charge in [-0.1, -0.05) is 55.8 Å². The van der Waals surface area contributed by atoms with Crippen molar-refractivity contribution in [3.63, 3.8) is 0 Å². The summed E-state index contributed by atoms with van der Waals surface area (Å²) in [5, 5.41) is 3.89. The van der Waals surface area contributed by atoms with Crippen LogP contribution in [-0.2, 0) is 12.7 Å². The second-order valence-electron chi connectivity index (χ2n) is 13.3. The number of likely N-dealkylation sites (tertiary alicyclic amines) is 2. The number of benzene rings is 3. The van der Waals surface area contributed by atoms with Crippen LogP contribution in [0.4, 0.5) is 13.2 Å². The first-order valence-electron chi connectivity index (χ1n) is 17.9. The summed E-state index contributed by atoms with van der Waals surface area (Å²) in [6, 6.07) is 19.1. The average Bonchev–Trinajstić information content (AvgIpc) is 3.12. The third kappa shape index (κ3) is 8.30. The van der Waals surface area contributed by atoms with Crippen LogP contribution in [-0.4, -0.2) is 65.3 Å². The summed E-state index contributed by atoms with van der Waals surface area (Å²) in [4.78, 5) is 25.6. The quantitative estimate of drug-likeness (QED) is 0.157. The fraction of sp³-hybridized carbons (Fsp3) is 0.450. The standard InChI is InChI=1S/C40H47F3N4O2S/c1-4-49-35-25-34-32(24-36(35)50-5-2)37(39(48)44-27(3)28-13-8-6-9-14-28)33(38(45-34)29-15-12-16-30(23-29)40(41,42)43)26-46-21-17-31(18-22-46)47-19-10-7-11-20-47/h6,8-9,12-16,23-25,27,31H,4-5,7,10-11,17-22,26H2,1-3H3,(H,44,48)/t27-/m0/s1. The first-order valence-corrected chi connectivity index (χ1v) is 18.9. The van der Waals surface area contributed by atoms with Gasteiger partial charge in [0.2, 0.25) is 0 Å². The summed E-state index contributed by atoms with van der Waals surface area (Å²) >= 11 is 1.62. The summed E-state index contributed by atoms with van der Waals surface area (Å²) in [5.74, 6) is 1.16. The van der Waals surface area contributed by atoms with Crippen molar-refractivity contribution < 1.29 is 22.7 Å². The van der Waals surface area contributed by atoms with Crippen molar-refractivity contribution in [2.75, 3.05) is 38.5 Å². The lowest BCUT2D eigenvalue weighted by Gasteiger charge is -2.40. The molecule has 0 bridgehead atoms. The second kappa shape index (κ2) is 16.2. The summed E-state index contributed by atoms with van der Waals surface area (Å²) in [6.45, 7) is 10.7. The predicted octanol–water partition coefficient (Wildman–Crippen LogP) is 9.37. The highest BCUT2D eigenvalue weighted by Crippen LogP contribution is 2.40. The molecule has 10 heteroatoms. The van der Waals surface area contributed by atoms with Gasteiger partial charge in [0, 0.05) is 35.2 Å². The Morgan fingerprint density at radius 2 is 1.72 bits per heavy atom. The molecule has 2 aliphatic rings. The SMILES string of the molecule is CCOc1cc2nc(-c3cccc(C(F)(F)F)c3)c(CN3CCC(N4CCCCC4)CC3)c(C(=O)N[C@@H](C)c3ccccc3)c2cc1SCC. The topological polar surface area (TPSA) is 57.7 Å². The number of pyridine rings is 1. The largest absolute Gasteiger partial charge is 0.493 e. The number of thioether (sulfide) groups is 1. The lowest BCUT2D eigenvalue weighted by molar-refractivity contribution is -0.137. The van der Waals surface area contributed by atoms with Gasteiger partial charge >= 0.3 is 6.18 Å². The molecule has 1 N–H and O–H groups in total. The predicted molar refractivity (Wildman–Crippen MR) is 196 cm³/mol. The molecule has 50 heavy (non-hydrogen) atoms. The molecule has 0 radical (unpaired) electrons. The molecule has 2 saturated heterocycles. The van der Waals surface area contributed by atoms with E-state index in [1.807, 2.05) is 56.3 Å². The van der Waals surface area contributed by atoms with Crippen LogP contribution in [0.3, 0.4) is 0 Å². The third-order valence-electron chi connectivity index (χ3n) is 9.93. The minimum Gasteiger partial charge on any atom is -0.493 e. The first-order chi connectivity index (χ1) is 24.2. The molecule has 6 rings (SSSR count). The minimum atomic E-state index is -4.52. The molecule has 0 unspecified atom stereocenters. The summed E-state index contributed by atoms with van der Waals surface area (Å²) < 4.78 is 48.2. The van der Waals surface area contributed by atoms with Crippen LogP contribution in [0.2, 0.25) is 0 Å². The lowest BCUT2D eigenvalue weighted by atomic mass is 9.93. The van der Waals surface area contributed by atoms with E-state index in [4.69, 9.17) is 9.72 Å². The van der Waals surface area contributed by atoms with Crippen molar-refractivity contribution in [2.24, 2.45) is 0 Å². The van der Waals surface area contributed by atoms with Crippen LogP contribution >= 0.6 is 11.8 Å². The maximum atomic E-state index is 14.7. The molecule has 1 amide bonds. The maximum Gasteiger partial charge on any atom is 0.416 e. The van der Waals surface area contributed by atoms with Gasteiger partial charge in [-0.15, -0.1) is 11.8 Å².